The van der Waals surface area contributed by atoms with E-state index in [0.29, 0.717) is 25.7 Å². The summed E-state index contributed by atoms with van der Waals surface area (Å²) in [6, 6.07) is 4.66. The molecule has 0 aliphatic carbocycles. The molecule has 4 rings (SSSR count). The van der Waals surface area contributed by atoms with Gasteiger partial charge in [-0.2, -0.15) is 0 Å². The number of hydrogen-bond donors (Lipinski definition) is 1. The van der Waals surface area contributed by atoms with Crippen LogP contribution < -0.4 is 4.90 Å². The maximum Gasteiger partial charge on any atom is 0.311 e. The third-order valence-electron chi connectivity index (χ3n) is 8.81. The van der Waals surface area contributed by atoms with Crippen molar-refractivity contribution in [1.82, 2.24) is 4.90 Å². The highest BCUT2D eigenvalue weighted by Crippen LogP contribution is 2.72. The highest BCUT2D eigenvalue weighted by atomic mass is 32.2. The number of aryl methyl sites for hydroxylation is 2. The Morgan fingerprint density at radius 2 is 2.03 bits per heavy atom. The Labute approximate surface area is 236 Å². The largest absolute Gasteiger partial charge is 0.465 e. The van der Waals surface area contributed by atoms with Crippen molar-refractivity contribution in [2.45, 2.75) is 81.4 Å². The Bertz CT molecular complexity index is 1150. The molecule has 212 valence electrons. The number of esters is 1. The molecular formula is C31H42N2O5S. The average molecular weight is 555 g/mol. The molecule has 1 aromatic rings. The van der Waals surface area contributed by atoms with E-state index in [2.05, 4.69) is 13.2 Å². The van der Waals surface area contributed by atoms with E-state index in [-0.39, 0.29) is 37.5 Å². The van der Waals surface area contributed by atoms with Gasteiger partial charge in [0, 0.05) is 17.0 Å². The van der Waals surface area contributed by atoms with Crippen molar-refractivity contribution in [3.05, 3.63) is 54.6 Å². The number of unbranched alkanes of at least 4 members (excludes halogenated alkanes) is 1. The van der Waals surface area contributed by atoms with Gasteiger partial charge in [-0.1, -0.05) is 31.2 Å². The summed E-state index contributed by atoms with van der Waals surface area (Å²) in [5.74, 6) is -2.10. The second kappa shape index (κ2) is 11.5. The number of fused-ring (bicyclic) bond motifs is 1. The number of ether oxygens (including phenoxy) is 1. The lowest BCUT2D eigenvalue weighted by molar-refractivity contribution is -0.156. The highest BCUT2D eigenvalue weighted by Gasteiger charge is 2.78. The van der Waals surface area contributed by atoms with Crippen LogP contribution in [0.15, 0.2) is 43.5 Å². The summed E-state index contributed by atoms with van der Waals surface area (Å²) < 4.78 is 4.43. The first-order valence-corrected chi connectivity index (χ1v) is 14.8. The summed E-state index contributed by atoms with van der Waals surface area (Å²) in [6.07, 6.45) is 6.77. The minimum absolute atomic E-state index is 0.192. The Balaban J connectivity index is 1.79. The summed E-state index contributed by atoms with van der Waals surface area (Å²) in [6.45, 7) is 15.8. The van der Waals surface area contributed by atoms with Gasteiger partial charge in [0.1, 0.15) is 6.04 Å². The van der Waals surface area contributed by atoms with Crippen molar-refractivity contribution >= 4 is 35.2 Å². The second-order valence-corrected chi connectivity index (χ2v) is 13.2. The van der Waals surface area contributed by atoms with Crippen LogP contribution in [0.3, 0.4) is 0 Å². The van der Waals surface area contributed by atoms with E-state index in [1.807, 2.05) is 45.9 Å². The normalized spacial score (nSPS) is 29.7. The van der Waals surface area contributed by atoms with Crippen molar-refractivity contribution < 1.29 is 24.2 Å². The number of nitrogens with zero attached hydrogens (tertiary/aromatic N) is 2. The summed E-state index contributed by atoms with van der Waals surface area (Å²) in [5.41, 5.74) is 2.76. The number of anilines is 1. The maximum absolute atomic E-state index is 14.7. The number of carbonyl (C=O) groups is 3. The van der Waals surface area contributed by atoms with Crippen molar-refractivity contribution in [2.24, 2.45) is 11.8 Å². The maximum atomic E-state index is 14.7. The lowest BCUT2D eigenvalue weighted by Crippen LogP contribution is -2.57. The van der Waals surface area contributed by atoms with Crippen LogP contribution in [0, 0.1) is 25.7 Å². The summed E-state index contributed by atoms with van der Waals surface area (Å²) in [5, 5.41) is 10.3. The molecule has 3 saturated heterocycles. The number of benzene rings is 1. The smallest absolute Gasteiger partial charge is 0.311 e. The highest BCUT2D eigenvalue weighted by molar-refractivity contribution is 8.02. The molecule has 1 N–H and O–H groups in total. The summed E-state index contributed by atoms with van der Waals surface area (Å²) >= 11 is 1.62. The van der Waals surface area contributed by atoms with Crippen molar-refractivity contribution in [1.29, 1.82) is 0 Å². The second-order valence-electron chi connectivity index (χ2n) is 11.3. The Morgan fingerprint density at radius 3 is 2.67 bits per heavy atom. The van der Waals surface area contributed by atoms with Gasteiger partial charge in [0.05, 0.1) is 35.8 Å². The molecule has 0 aromatic heterocycles. The Hall–Kier alpha value is -2.58. The first-order chi connectivity index (χ1) is 18.6. The molecule has 8 heteroatoms. The Morgan fingerprint density at radius 1 is 1.28 bits per heavy atom. The standard InChI is InChI=1S/C31H42N2O5S/c1-7-10-11-17-38-29(37)25-24-27(35)33(22(9-3)19-34)26(31(24)15-14-30(25,6)39-31)28(36)32(16-8-2)23-18-20(4)12-13-21(23)5/h7-8,12-13,18,22,24-26,34H,1-2,9-11,14-17,19H2,3-6H3/t22-,24-,25-,26?,30+,31?/m0/s1. The van der Waals surface area contributed by atoms with Gasteiger partial charge in [0.25, 0.3) is 5.91 Å². The molecule has 7 nitrogen and oxygen atoms in total. The van der Waals surface area contributed by atoms with Crippen LogP contribution in [0.1, 0.15) is 57.1 Å². The molecule has 1 spiro atoms. The lowest BCUT2D eigenvalue weighted by Gasteiger charge is -2.39. The fraction of sp³-hybridized carbons (Fsp3) is 0.581. The van der Waals surface area contributed by atoms with E-state index < -0.39 is 33.4 Å². The van der Waals surface area contributed by atoms with Crippen LogP contribution in [0.2, 0.25) is 0 Å². The van der Waals surface area contributed by atoms with E-state index in [0.717, 1.165) is 23.2 Å². The quantitative estimate of drug-likeness (QED) is 0.231. The predicted molar refractivity (Wildman–Crippen MR) is 156 cm³/mol. The van der Waals surface area contributed by atoms with Crippen LogP contribution in [0.5, 0.6) is 0 Å². The number of aliphatic hydroxyl groups excluding tert-OH is 1. The van der Waals surface area contributed by atoms with Crippen LogP contribution in [-0.2, 0) is 19.1 Å². The van der Waals surface area contributed by atoms with Crippen LogP contribution >= 0.6 is 11.8 Å². The minimum Gasteiger partial charge on any atom is -0.465 e. The number of hydrogen-bond acceptors (Lipinski definition) is 6. The van der Waals surface area contributed by atoms with E-state index in [1.54, 1.807) is 33.7 Å². The van der Waals surface area contributed by atoms with Crippen LogP contribution in [0.4, 0.5) is 5.69 Å². The molecule has 39 heavy (non-hydrogen) atoms. The van der Waals surface area contributed by atoms with Gasteiger partial charge in [-0.3, -0.25) is 14.4 Å². The zero-order valence-corrected chi connectivity index (χ0v) is 24.5. The summed E-state index contributed by atoms with van der Waals surface area (Å²) in [7, 11) is 0. The van der Waals surface area contributed by atoms with Gasteiger partial charge in [0.15, 0.2) is 0 Å². The molecular weight excluding hydrogens is 512 g/mol. The number of rotatable bonds is 12. The third-order valence-corrected chi connectivity index (χ3v) is 10.8. The zero-order valence-electron chi connectivity index (χ0n) is 23.7. The molecule has 3 heterocycles. The van der Waals surface area contributed by atoms with Gasteiger partial charge in [-0.25, -0.2) is 0 Å². The fourth-order valence-electron chi connectivity index (χ4n) is 6.89. The number of likely N-dealkylation sites (tertiary alicyclic amines) is 1. The molecule has 0 saturated carbocycles. The van der Waals surface area contributed by atoms with E-state index in [4.69, 9.17) is 4.74 Å². The number of thioether (sulfide) groups is 1. The van der Waals surface area contributed by atoms with Crippen LogP contribution in [-0.4, -0.2) is 69.1 Å². The van der Waals surface area contributed by atoms with Gasteiger partial charge in [0.2, 0.25) is 5.91 Å². The molecule has 1 aromatic carbocycles. The number of aliphatic hydroxyl groups is 1. The number of carbonyl (C=O) groups excluding carboxylic acids is 3. The molecule has 2 amide bonds. The zero-order chi connectivity index (χ0) is 28.5. The predicted octanol–water partition coefficient (Wildman–Crippen LogP) is 4.58. The van der Waals surface area contributed by atoms with Gasteiger partial charge < -0.3 is 19.6 Å². The van der Waals surface area contributed by atoms with Gasteiger partial charge in [-0.15, -0.1) is 24.9 Å². The molecule has 6 atom stereocenters. The number of allylic oxidation sites excluding steroid dienone is 1. The molecule has 0 radical (unpaired) electrons. The minimum atomic E-state index is -0.808. The van der Waals surface area contributed by atoms with Crippen molar-refractivity contribution in [2.75, 3.05) is 24.7 Å². The van der Waals surface area contributed by atoms with Crippen LogP contribution in [0.25, 0.3) is 0 Å². The van der Waals surface area contributed by atoms with E-state index in [9.17, 15) is 19.5 Å². The molecule has 3 aliphatic rings. The molecule has 2 bridgehead atoms. The first-order valence-electron chi connectivity index (χ1n) is 14.0. The third kappa shape index (κ3) is 4.84. The van der Waals surface area contributed by atoms with E-state index >= 15 is 0 Å². The summed E-state index contributed by atoms with van der Waals surface area (Å²) in [4.78, 5) is 45.9. The first kappa shape index (κ1) is 29.4. The Kier molecular flexibility index (Phi) is 8.67. The number of amides is 2. The molecule has 3 fully saturated rings. The molecule has 2 unspecified atom stereocenters. The lowest BCUT2D eigenvalue weighted by atomic mass is 9.66. The SMILES string of the molecule is C=CCCCOC(=O)[C@@H]1[C@H]2C(=O)N([C@@H](CC)CO)C(C(=O)N(CC=C)c3cc(C)ccc3C)C23CC[C@@]1(C)S3. The monoisotopic (exact) mass is 554 g/mol. The van der Waals surface area contributed by atoms with Gasteiger partial charge in [-0.05, 0) is 70.1 Å². The molecule has 3 aliphatic heterocycles. The fourth-order valence-corrected chi connectivity index (χ4v) is 9.22. The van der Waals surface area contributed by atoms with Gasteiger partial charge >= 0.3 is 5.97 Å². The van der Waals surface area contributed by atoms with Crippen molar-refractivity contribution in [3.63, 3.8) is 0 Å². The van der Waals surface area contributed by atoms with E-state index in [1.165, 1.54) is 0 Å². The van der Waals surface area contributed by atoms with Crippen molar-refractivity contribution in [3.8, 4) is 0 Å². The topological polar surface area (TPSA) is 87.1 Å². The average Bonchev–Trinajstić information content (AvgIpc) is 3.48.